The van der Waals surface area contributed by atoms with Gasteiger partial charge in [0.25, 0.3) is 0 Å². The second-order valence-corrected chi connectivity index (χ2v) is 5.09. The van der Waals surface area contributed by atoms with Crippen LogP contribution in [-0.2, 0) is 16.1 Å². The molecule has 110 valence electrons. The Kier molecular flexibility index (Phi) is 5.95. The number of nitrogens with zero attached hydrogens (tertiary/aromatic N) is 2. The highest BCUT2D eigenvalue weighted by atomic mass is 16.5. The van der Waals surface area contributed by atoms with Crippen molar-refractivity contribution in [1.82, 2.24) is 15.2 Å². The zero-order chi connectivity index (χ0) is 14.2. The van der Waals surface area contributed by atoms with Crippen molar-refractivity contribution in [3.05, 3.63) is 30.1 Å². The molecule has 0 radical (unpaired) electrons. The largest absolute Gasteiger partial charge is 0.377 e. The molecule has 1 aliphatic rings. The Bertz CT molecular complexity index is 409. The Labute approximate surface area is 120 Å². The van der Waals surface area contributed by atoms with Crippen molar-refractivity contribution in [2.24, 2.45) is 0 Å². The fourth-order valence-corrected chi connectivity index (χ4v) is 2.49. The Balaban J connectivity index is 1.71. The monoisotopic (exact) mass is 277 g/mol. The lowest BCUT2D eigenvalue weighted by molar-refractivity contribution is -0.123. The van der Waals surface area contributed by atoms with Gasteiger partial charge >= 0.3 is 0 Å². The van der Waals surface area contributed by atoms with E-state index in [9.17, 15) is 4.79 Å². The third kappa shape index (κ3) is 4.90. The van der Waals surface area contributed by atoms with Gasteiger partial charge in [-0.25, -0.2) is 0 Å². The van der Waals surface area contributed by atoms with Crippen LogP contribution in [0.5, 0.6) is 0 Å². The van der Waals surface area contributed by atoms with Gasteiger partial charge in [0.2, 0.25) is 5.91 Å². The van der Waals surface area contributed by atoms with E-state index in [1.54, 1.807) is 12.4 Å². The predicted molar refractivity (Wildman–Crippen MR) is 77.2 cm³/mol. The van der Waals surface area contributed by atoms with E-state index in [1.165, 1.54) is 0 Å². The average Bonchev–Trinajstić information content (AvgIpc) is 2.47. The van der Waals surface area contributed by atoms with Crippen LogP contribution in [0.4, 0.5) is 0 Å². The summed E-state index contributed by atoms with van der Waals surface area (Å²) >= 11 is 0. The summed E-state index contributed by atoms with van der Waals surface area (Å²) < 4.78 is 5.64. The molecule has 0 spiro atoms. The molecule has 1 fully saturated rings. The molecule has 1 atom stereocenters. The molecule has 1 N–H and O–H groups in total. The van der Waals surface area contributed by atoms with Crippen molar-refractivity contribution < 1.29 is 9.53 Å². The summed E-state index contributed by atoms with van der Waals surface area (Å²) in [5.41, 5.74) is 1.02. The van der Waals surface area contributed by atoms with Crippen LogP contribution >= 0.6 is 0 Å². The number of hydrogen-bond donors (Lipinski definition) is 1. The van der Waals surface area contributed by atoms with Gasteiger partial charge in [0, 0.05) is 32.1 Å². The molecule has 2 rings (SSSR count). The molecule has 1 aromatic heterocycles. The van der Waals surface area contributed by atoms with Crippen LogP contribution in [0.15, 0.2) is 24.5 Å². The number of hydrogen-bond acceptors (Lipinski definition) is 4. The first-order valence-corrected chi connectivity index (χ1v) is 7.27. The molecule has 2 heterocycles. The average molecular weight is 277 g/mol. The molecule has 5 nitrogen and oxygen atoms in total. The van der Waals surface area contributed by atoms with E-state index >= 15 is 0 Å². The highest BCUT2D eigenvalue weighted by molar-refractivity contribution is 5.78. The molecule has 0 unspecified atom stereocenters. The maximum atomic E-state index is 11.9. The minimum atomic E-state index is 0.0611. The summed E-state index contributed by atoms with van der Waals surface area (Å²) in [5.74, 6) is 0.0611. The lowest BCUT2D eigenvalue weighted by Gasteiger charge is -2.31. The molecular formula is C15H23N3O2. The van der Waals surface area contributed by atoms with Gasteiger partial charge in [-0.15, -0.1) is 0 Å². The molecule has 0 aliphatic carbocycles. The topological polar surface area (TPSA) is 54.5 Å². The third-order valence-electron chi connectivity index (χ3n) is 3.44. The van der Waals surface area contributed by atoms with Gasteiger partial charge in [0.15, 0.2) is 0 Å². The number of rotatable bonds is 6. The number of aromatic nitrogens is 1. The number of ether oxygens (including phenoxy) is 1. The van der Waals surface area contributed by atoms with Gasteiger partial charge in [0.1, 0.15) is 0 Å². The number of nitrogens with one attached hydrogen (secondary N) is 1. The standard InChI is InChI=1S/C15H23N3O2/c1-2-20-14-6-4-8-18(11-14)12-15(19)17-10-13-5-3-7-16-9-13/h3,5,7,9,14H,2,4,6,8,10-12H2,1H3,(H,17,19)/t14-/m1/s1. The van der Waals surface area contributed by atoms with Crippen LogP contribution in [-0.4, -0.2) is 48.1 Å². The molecule has 1 aromatic rings. The maximum Gasteiger partial charge on any atom is 0.234 e. The van der Waals surface area contributed by atoms with Crippen LogP contribution in [0.25, 0.3) is 0 Å². The number of amides is 1. The molecular weight excluding hydrogens is 254 g/mol. The Hall–Kier alpha value is -1.46. The Morgan fingerprint density at radius 1 is 1.60 bits per heavy atom. The SMILES string of the molecule is CCO[C@@H]1CCCN(CC(=O)NCc2cccnc2)C1. The van der Waals surface area contributed by atoms with Gasteiger partial charge in [0.05, 0.1) is 12.6 Å². The summed E-state index contributed by atoms with van der Waals surface area (Å²) in [7, 11) is 0. The minimum Gasteiger partial charge on any atom is -0.377 e. The summed E-state index contributed by atoms with van der Waals surface area (Å²) in [5, 5.41) is 2.93. The second kappa shape index (κ2) is 7.97. The van der Waals surface area contributed by atoms with Crippen LogP contribution in [0.2, 0.25) is 0 Å². The van der Waals surface area contributed by atoms with E-state index < -0.39 is 0 Å². The van der Waals surface area contributed by atoms with Crippen LogP contribution in [0, 0.1) is 0 Å². The smallest absolute Gasteiger partial charge is 0.234 e. The quantitative estimate of drug-likeness (QED) is 0.849. The predicted octanol–water partition coefficient (Wildman–Crippen LogP) is 1.20. The fourth-order valence-electron chi connectivity index (χ4n) is 2.49. The second-order valence-electron chi connectivity index (χ2n) is 5.09. The first-order valence-electron chi connectivity index (χ1n) is 7.27. The van der Waals surface area contributed by atoms with E-state index in [0.717, 1.165) is 38.1 Å². The maximum absolute atomic E-state index is 11.9. The van der Waals surface area contributed by atoms with Gasteiger partial charge in [-0.2, -0.15) is 0 Å². The summed E-state index contributed by atoms with van der Waals surface area (Å²) in [4.78, 5) is 18.1. The minimum absolute atomic E-state index is 0.0611. The molecule has 0 saturated carbocycles. The zero-order valence-corrected chi connectivity index (χ0v) is 12.0. The summed E-state index contributed by atoms with van der Waals surface area (Å²) in [6, 6.07) is 3.83. The van der Waals surface area contributed by atoms with E-state index in [1.807, 2.05) is 19.1 Å². The number of piperidine rings is 1. The molecule has 5 heteroatoms. The van der Waals surface area contributed by atoms with Gasteiger partial charge < -0.3 is 10.1 Å². The van der Waals surface area contributed by atoms with Crippen LogP contribution in [0.1, 0.15) is 25.3 Å². The van der Waals surface area contributed by atoms with Crippen molar-refractivity contribution in [3.8, 4) is 0 Å². The van der Waals surface area contributed by atoms with E-state index in [2.05, 4.69) is 15.2 Å². The third-order valence-corrected chi connectivity index (χ3v) is 3.44. The fraction of sp³-hybridized carbons (Fsp3) is 0.600. The number of pyridine rings is 1. The van der Waals surface area contributed by atoms with Gasteiger partial charge in [-0.3, -0.25) is 14.7 Å². The van der Waals surface area contributed by atoms with Gasteiger partial charge in [-0.05, 0) is 37.9 Å². The normalized spacial score (nSPS) is 19.8. The van der Waals surface area contributed by atoms with Crippen molar-refractivity contribution in [1.29, 1.82) is 0 Å². The van der Waals surface area contributed by atoms with Crippen molar-refractivity contribution in [2.45, 2.75) is 32.4 Å². The lowest BCUT2D eigenvalue weighted by atomic mass is 10.1. The Morgan fingerprint density at radius 2 is 2.50 bits per heavy atom. The van der Waals surface area contributed by atoms with Crippen molar-refractivity contribution in [3.63, 3.8) is 0 Å². The van der Waals surface area contributed by atoms with Gasteiger partial charge in [-0.1, -0.05) is 6.07 Å². The number of carbonyl (C=O) groups excluding carboxylic acids is 1. The molecule has 1 amide bonds. The first kappa shape index (κ1) is 14.9. The lowest BCUT2D eigenvalue weighted by Crippen LogP contribution is -2.44. The zero-order valence-electron chi connectivity index (χ0n) is 12.0. The molecule has 1 aliphatic heterocycles. The van der Waals surface area contributed by atoms with E-state index in [-0.39, 0.29) is 12.0 Å². The summed E-state index contributed by atoms with van der Waals surface area (Å²) in [6.07, 6.45) is 5.97. The van der Waals surface area contributed by atoms with Crippen LogP contribution < -0.4 is 5.32 Å². The Morgan fingerprint density at radius 3 is 3.25 bits per heavy atom. The number of likely N-dealkylation sites (tertiary alicyclic amines) is 1. The van der Waals surface area contributed by atoms with E-state index in [4.69, 9.17) is 4.74 Å². The highest BCUT2D eigenvalue weighted by Crippen LogP contribution is 2.12. The van der Waals surface area contributed by atoms with Crippen molar-refractivity contribution in [2.75, 3.05) is 26.2 Å². The number of carbonyl (C=O) groups is 1. The van der Waals surface area contributed by atoms with Crippen molar-refractivity contribution >= 4 is 5.91 Å². The first-order chi connectivity index (χ1) is 9.78. The van der Waals surface area contributed by atoms with Crippen LogP contribution in [0.3, 0.4) is 0 Å². The molecule has 0 aromatic carbocycles. The summed E-state index contributed by atoms with van der Waals surface area (Å²) in [6.45, 7) is 5.57. The molecule has 20 heavy (non-hydrogen) atoms. The molecule has 0 bridgehead atoms. The van der Waals surface area contributed by atoms with E-state index in [0.29, 0.717) is 13.1 Å². The highest BCUT2D eigenvalue weighted by Gasteiger charge is 2.21. The molecule has 1 saturated heterocycles.